The average molecular weight is 292 g/mol. The molecule has 1 aromatic rings. The third-order valence-electron chi connectivity index (χ3n) is 3.80. The zero-order chi connectivity index (χ0) is 15.4. The molecule has 2 amide bonds. The molecular weight excluding hydrogens is 271 g/mol. The van der Waals surface area contributed by atoms with Crippen molar-refractivity contribution < 1.29 is 14.0 Å². The van der Waals surface area contributed by atoms with E-state index in [1.165, 1.54) is 24.3 Å². The smallest absolute Gasteiger partial charge is 0.244 e. The van der Waals surface area contributed by atoms with Gasteiger partial charge < -0.3 is 10.2 Å². The fourth-order valence-corrected chi connectivity index (χ4v) is 2.29. The Morgan fingerprint density at radius 1 is 1.29 bits per heavy atom. The molecular formula is C16H21FN2O2. The van der Waals surface area contributed by atoms with Crippen molar-refractivity contribution in [2.45, 2.75) is 39.2 Å². The summed E-state index contributed by atoms with van der Waals surface area (Å²) in [7, 11) is 0. The quantitative estimate of drug-likeness (QED) is 0.907. The molecule has 0 bridgehead atoms. The molecule has 0 atom stereocenters. The van der Waals surface area contributed by atoms with Crippen LogP contribution in [0.2, 0.25) is 0 Å². The van der Waals surface area contributed by atoms with E-state index in [0.29, 0.717) is 5.69 Å². The summed E-state index contributed by atoms with van der Waals surface area (Å²) >= 11 is 0. The van der Waals surface area contributed by atoms with Crippen molar-refractivity contribution in [1.82, 2.24) is 4.90 Å². The van der Waals surface area contributed by atoms with Crippen LogP contribution in [-0.4, -0.2) is 29.3 Å². The van der Waals surface area contributed by atoms with Crippen molar-refractivity contribution >= 4 is 17.5 Å². The van der Waals surface area contributed by atoms with Crippen LogP contribution in [0.3, 0.4) is 0 Å². The maximum absolute atomic E-state index is 12.8. The highest BCUT2D eigenvalue weighted by Crippen LogP contribution is 2.28. The lowest BCUT2D eigenvalue weighted by atomic mass is 9.84. The molecule has 114 valence electrons. The molecule has 0 aromatic heterocycles. The number of benzene rings is 1. The van der Waals surface area contributed by atoms with Gasteiger partial charge in [-0.25, -0.2) is 4.39 Å². The fraction of sp³-hybridized carbons (Fsp3) is 0.500. The number of halogens is 1. The number of rotatable bonds is 5. The molecule has 0 heterocycles. The lowest BCUT2D eigenvalue weighted by Crippen LogP contribution is -2.46. The standard InChI is InChI=1S/C16H21FN2O2/c1-11(2)19(16(21)12-4-3-5-12)10-15(20)18-14-8-6-13(17)7-9-14/h6-9,11-12H,3-5,10H2,1-2H3,(H,18,20). The normalized spacial score (nSPS) is 14.7. The first-order chi connectivity index (χ1) is 9.97. The number of amides is 2. The Kier molecular flexibility index (Phi) is 4.94. The van der Waals surface area contributed by atoms with E-state index in [-0.39, 0.29) is 36.1 Å². The van der Waals surface area contributed by atoms with Crippen molar-refractivity contribution in [2.75, 3.05) is 11.9 Å². The number of carbonyl (C=O) groups is 2. The molecule has 0 spiro atoms. The second-order valence-electron chi connectivity index (χ2n) is 5.74. The Morgan fingerprint density at radius 2 is 1.90 bits per heavy atom. The molecule has 1 saturated carbocycles. The van der Waals surface area contributed by atoms with E-state index >= 15 is 0 Å². The molecule has 1 aliphatic rings. The van der Waals surface area contributed by atoms with Crippen LogP contribution in [0.4, 0.5) is 10.1 Å². The van der Waals surface area contributed by atoms with Crippen LogP contribution in [0.15, 0.2) is 24.3 Å². The molecule has 0 aliphatic heterocycles. The molecule has 0 saturated heterocycles. The van der Waals surface area contributed by atoms with Gasteiger partial charge in [0.1, 0.15) is 12.4 Å². The van der Waals surface area contributed by atoms with Gasteiger partial charge in [-0.1, -0.05) is 6.42 Å². The lowest BCUT2D eigenvalue weighted by Gasteiger charge is -2.33. The molecule has 0 radical (unpaired) electrons. The van der Waals surface area contributed by atoms with Gasteiger partial charge >= 0.3 is 0 Å². The number of anilines is 1. The number of hydrogen-bond donors (Lipinski definition) is 1. The van der Waals surface area contributed by atoms with Crippen LogP contribution in [-0.2, 0) is 9.59 Å². The second-order valence-corrected chi connectivity index (χ2v) is 5.74. The molecule has 1 aliphatic carbocycles. The summed E-state index contributed by atoms with van der Waals surface area (Å²) in [6.07, 6.45) is 2.92. The molecule has 1 aromatic carbocycles. The summed E-state index contributed by atoms with van der Waals surface area (Å²) in [6.45, 7) is 3.84. The zero-order valence-electron chi connectivity index (χ0n) is 12.4. The maximum atomic E-state index is 12.8. The van der Waals surface area contributed by atoms with Gasteiger partial charge in [-0.15, -0.1) is 0 Å². The molecule has 5 heteroatoms. The second kappa shape index (κ2) is 6.70. The molecule has 4 nitrogen and oxygen atoms in total. The summed E-state index contributed by atoms with van der Waals surface area (Å²) in [4.78, 5) is 26.0. The molecule has 1 fully saturated rings. The molecule has 21 heavy (non-hydrogen) atoms. The van der Waals surface area contributed by atoms with Gasteiger partial charge in [0.15, 0.2) is 0 Å². The van der Waals surface area contributed by atoms with Gasteiger partial charge in [-0.2, -0.15) is 0 Å². The first-order valence-electron chi connectivity index (χ1n) is 7.33. The lowest BCUT2D eigenvalue weighted by molar-refractivity contribution is -0.142. The predicted octanol–water partition coefficient (Wildman–Crippen LogP) is 2.80. The Morgan fingerprint density at radius 3 is 2.38 bits per heavy atom. The Bertz CT molecular complexity index is 510. The van der Waals surface area contributed by atoms with Gasteiger partial charge in [0, 0.05) is 17.6 Å². The van der Waals surface area contributed by atoms with Gasteiger partial charge in [-0.3, -0.25) is 9.59 Å². The summed E-state index contributed by atoms with van der Waals surface area (Å²) in [6, 6.07) is 5.56. The summed E-state index contributed by atoms with van der Waals surface area (Å²) in [5, 5.41) is 2.68. The highest BCUT2D eigenvalue weighted by Gasteiger charge is 2.31. The van der Waals surface area contributed by atoms with Gasteiger partial charge in [0.2, 0.25) is 11.8 Å². The van der Waals surface area contributed by atoms with Crippen molar-refractivity contribution in [1.29, 1.82) is 0 Å². The summed E-state index contributed by atoms with van der Waals surface area (Å²) in [5.74, 6) is -0.475. The van der Waals surface area contributed by atoms with Gasteiger partial charge in [0.25, 0.3) is 0 Å². The number of carbonyl (C=O) groups excluding carboxylic acids is 2. The fourth-order valence-electron chi connectivity index (χ4n) is 2.29. The van der Waals surface area contributed by atoms with E-state index in [1.807, 2.05) is 13.8 Å². The van der Waals surface area contributed by atoms with Crippen LogP contribution < -0.4 is 5.32 Å². The predicted molar refractivity (Wildman–Crippen MR) is 79.2 cm³/mol. The van der Waals surface area contributed by atoms with E-state index in [1.54, 1.807) is 4.90 Å². The number of nitrogens with one attached hydrogen (secondary N) is 1. The van der Waals surface area contributed by atoms with Crippen molar-refractivity contribution in [3.63, 3.8) is 0 Å². The maximum Gasteiger partial charge on any atom is 0.244 e. The average Bonchev–Trinajstić information content (AvgIpc) is 2.36. The van der Waals surface area contributed by atoms with Crippen molar-refractivity contribution in [3.05, 3.63) is 30.1 Å². The minimum absolute atomic E-state index is 0.0166. The van der Waals surface area contributed by atoms with Gasteiger partial charge in [0.05, 0.1) is 0 Å². The topological polar surface area (TPSA) is 49.4 Å². The third kappa shape index (κ3) is 4.03. The minimum Gasteiger partial charge on any atom is -0.331 e. The Hall–Kier alpha value is -1.91. The zero-order valence-corrected chi connectivity index (χ0v) is 12.4. The van der Waals surface area contributed by atoms with Crippen LogP contribution in [0, 0.1) is 11.7 Å². The summed E-state index contributed by atoms with van der Waals surface area (Å²) < 4.78 is 12.8. The number of nitrogens with zero attached hydrogens (tertiary/aromatic N) is 1. The van der Waals surface area contributed by atoms with E-state index in [2.05, 4.69) is 5.32 Å². The van der Waals surface area contributed by atoms with Crippen molar-refractivity contribution in [3.8, 4) is 0 Å². The molecule has 1 N–H and O–H groups in total. The first kappa shape index (κ1) is 15.5. The SMILES string of the molecule is CC(C)N(CC(=O)Nc1ccc(F)cc1)C(=O)C1CCC1. The van der Waals surface area contributed by atoms with Crippen LogP contribution in [0.25, 0.3) is 0 Å². The molecule has 2 rings (SSSR count). The number of hydrogen-bond acceptors (Lipinski definition) is 2. The monoisotopic (exact) mass is 292 g/mol. The largest absolute Gasteiger partial charge is 0.331 e. The van der Waals surface area contributed by atoms with Crippen LogP contribution in [0.1, 0.15) is 33.1 Å². The first-order valence-corrected chi connectivity index (χ1v) is 7.33. The third-order valence-corrected chi connectivity index (χ3v) is 3.80. The van der Waals surface area contributed by atoms with E-state index in [9.17, 15) is 14.0 Å². The van der Waals surface area contributed by atoms with E-state index in [4.69, 9.17) is 0 Å². The van der Waals surface area contributed by atoms with Gasteiger partial charge in [-0.05, 0) is 51.0 Å². The molecule has 0 unspecified atom stereocenters. The minimum atomic E-state index is -0.350. The van der Waals surface area contributed by atoms with Crippen LogP contribution in [0.5, 0.6) is 0 Å². The van der Waals surface area contributed by atoms with Crippen molar-refractivity contribution in [2.24, 2.45) is 5.92 Å². The highest BCUT2D eigenvalue weighted by molar-refractivity contribution is 5.95. The summed E-state index contributed by atoms with van der Waals surface area (Å²) in [5.41, 5.74) is 0.529. The van der Waals surface area contributed by atoms with E-state index in [0.717, 1.165) is 19.3 Å². The Balaban J connectivity index is 1.94. The van der Waals surface area contributed by atoms with Crippen LogP contribution >= 0.6 is 0 Å². The Labute approximate surface area is 124 Å². The van der Waals surface area contributed by atoms with E-state index < -0.39 is 0 Å². The highest BCUT2D eigenvalue weighted by atomic mass is 19.1.